The molecule has 6 heteroatoms. The maximum atomic E-state index is 12.5. The van der Waals surface area contributed by atoms with Crippen molar-refractivity contribution in [2.45, 2.75) is 44.4 Å². The molecule has 3 unspecified atom stereocenters. The Labute approximate surface area is 99.8 Å². The Morgan fingerprint density at radius 2 is 2.12 bits per heavy atom. The van der Waals surface area contributed by atoms with E-state index in [1.807, 2.05) is 6.92 Å². The van der Waals surface area contributed by atoms with Gasteiger partial charge < -0.3 is 10.8 Å². The summed E-state index contributed by atoms with van der Waals surface area (Å²) in [5.74, 6) is -1.27. The van der Waals surface area contributed by atoms with E-state index < -0.39 is 12.1 Å². The van der Waals surface area contributed by atoms with Gasteiger partial charge in [-0.05, 0) is 19.4 Å². The number of aliphatic hydroxyl groups is 1. The zero-order valence-electron chi connectivity index (χ0n) is 10.1. The Balaban J connectivity index is 2.55. The molecule has 1 aliphatic heterocycles. The molecule has 0 saturated carbocycles. The van der Waals surface area contributed by atoms with Gasteiger partial charge in [0.1, 0.15) is 0 Å². The molecule has 3 nitrogen and oxygen atoms in total. The lowest BCUT2D eigenvalue weighted by Crippen LogP contribution is -2.49. The first-order valence-electron chi connectivity index (χ1n) is 6.07. The molecule has 1 fully saturated rings. The maximum Gasteiger partial charge on any atom is 0.393 e. The third-order valence-corrected chi connectivity index (χ3v) is 3.45. The first kappa shape index (κ1) is 14.7. The number of likely N-dealkylation sites (tertiary alicyclic amines) is 1. The van der Waals surface area contributed by atoms with Gasteiger partial charge in [0, 0.05) is 18.6 Å². The SMILES string of the molecule is CCCC(N)C(CO)N1CCC(C(F)(F)F)C1. The average Bonchev–Trinajstić information content (AvgIpc) is 2.68. The number of hydrogen-bond acceptors (Lipinski definition) is 3. The first-order valence-corrected chi connectivity index (χ1v) is 6.07. The van der Waals surface area contributed by atoms with Gasteiger partial charge in [-0.25, -0.2) is 0 Å². The Morgan fingerprint density at radius 3 is 2.53 bits per heavy atom. The van der Waals surface area contributed by atoms with Gasteiger partial charge in [0.25, 0.3) is 0 Å². The van der Waals surface area contributed by atoms with Crippen molar-refractivity contribution in [1.82, 2.24) is 4.90 Å². The quantitative estimate of drug-likeness (QED) is 0.779. The van der Waals surface area contributed by atoms with Gasteiger partial charge >= 0.3 is 6.18 Å². The van der Waals surface area contributed by atoms with E-state index in [4.69, 9.17) is 5.73 Å². The van der Waals surface area contributed by atoms with Crippen molar-refractivity contribution in [2.24, 2.45) is 11.7 Å². The summed E-state index contributed by atoms with van der Waals surface area (Å²) in [6, 6.07) is -0.598. The molecular formula is C11H21F3N2O. The molecule has 0 aromatic rings. The van der Waals surface area contributed by atoms with Crippen LogP contribution in [0.15, 0.2) is 0 Å². The van der Waals surface area contributed by atoms with Crippen LogP contribution in [0.1, 0.15) is 26.2 Å². The second kappa shape index (κ2) is 6.02. The fourth-order valence-electron chi connectivity index (χ4n) is 2.40. The minimum atomic E-state index is -4.14. The summed E-state index contributed by atoms with van der Waals surface area (Å²) in [6.45, 7) is 2.13. The number of halogens is 3. The highest BCUT2D eigenvalue weighted by Gasteiger charge is 2.45. The van der Waals surface area contributed by atoms with Crippen LogP contribution in [-0.2, 0) is 0 Å². The number of hydrogen-bond donors (Lipinski definition) is 2. The highest BCUT2D eigenvalue weighted by molar-refractivity contribution is 4.89. The summed E-state index contributed by atoms with van der Waals surface area (Å²) in [6.07, 6.45) is -2.44. The van der Waals surface area contributed by atoms with Gasteiger partial charge in [-0.2, -0.15) is 13.2 Å². The van der Waals surface area contributed by atoms with Gasteiger partial charge in [0.2, 0.25) is 0 Å². The number of rotatable bonds is 5. The van der Waals surface area contributed by atoms with Crippen LogP contribution in [0.25, 0.3) is 0 Å². The third kappa shape index (κ3) is 3.82. The molecule has 1 saturated heterocycles. The van der Waals surface area contributed by atoms with Gasteiger partial charge in [-0.1, -0.05) is 13.3 Å². The van der Waals surface area contributed by atoms with Crippen LogP contribution < -0.4 is 5.73 Å². The molecule has 1 aliphatic rings. The second-order valence-corrected chi connectivity index (χ2v) is 4.72. The van der Waals surface area contributed by atoms with E-state index >= 15 is 0 Å². The molecule has 1 rings (SSSR count). The highest BCUT2D eigenvalue weighted by Crippen LogP contribution is 2.34. The molecule has 0 spiro atoms. The van der Waals surface area contributed by atoms with Crippen LogP contribution in [0, 0.1) is 5.92 Å². The van der Waals surface area contributed by atoms with Gasteiger partial charge in [-0.3, -0.25) is 4.90 Å². The molecule has 1 heterocycles. The van der Waals surface area contributed by atoms with Crippen molar-refractivity contribution in [1.29, 1.82) is 0 Å². The smallest absolute Gasteiger partial charge is 0.393 e. The summed E-state index contributed by atoms with van der Waals surface area (Å²) < 4.78 is 37.6. The van der Waals surface area contributed by atoms with E-state index in [-0.39, 0.29) is 31.7 Å². The van der Waals surface area contributed by atoms with Gasteiger partial charge in [-0.15, -0.1) is 0 Å². The van der Waals surface area contributed by atoms with Crippen LogP contribution in [0.2, 0.25) is 0 Å². The van der Waals surface area contributed by atoms with E-state index in [9.17, 15) is 18.3 Å². The van der Waals surface area contributed by atoms with E-state index in [0.717, 1.165) is 12.8 Å². The average molecular weight is 254 g/mol. The molecule has 3 N–H and O–H groups in total. The normalized spacial score (nSPS) is 26.1. The van der Waals surface area contributed by atoms with Crippen LogP contribution in [-0.4, -0.2) is 48.0 Å². The summed E-state index contributed by atoms with van der Waals surface area (Å²) in [4.78, 5) is 1.68. The minimum absolute atomic E-state index is 0.0356. The molecule has 17 heavy (non-hydrogen) atoms. The molecule has 0 radical (unpaired) electrons. The summed E-state index contributed by atoms with van der Waals surface area (Å²) in [7, 11) is 0. The molecule has 3 atom stereocenters. The lowest BCUT2D eigenvalue weighted by atomic mass is 10.0. The molecule has 0 aliphatic carbocycles. The molecule has 102 valence electrons. The van der Waals surface area contributed by atoms with Crippen molar-refractivity contribution >= 4 is 0 Å². The highest BCUT2D eigenvalue weighted by atomic mass is 19.4. The molecule has 0 bridgehead atoms. The van der Waals surface area contributed by atoms with E-state index in [0.29, 0.717) is 6.54 Å². The van der Waals surface area contributed by atoms with Crippen molar-refractivity contribution in [3.63, 3.8) is 0 Å². The summed E-state index contributed by atoms with van der Waals surface area (Å²) in [5.41, 5.74) is 5.89. The molecule has 0 amide bonds. The number of nitrogens with two attached hydrogens (primary N) is 1. The van der Waals surface area contributed by atoms with Crippen molar-refractivity contribution in [2.75, 3.05) is 19.7 Å². The predicted octanol–water partition coefficient (Wildman–Crippen LogP) is 1.36. The Morgan fingerprint density at radius 1 is 1.47 bits per heavy atom. The minimum Gasteiger partial charge on any atom is -0.395 e. The second-order valence-electron chi connectivity index (χ2n) is 4.72. The van der Waals surface area contributed by atoms with E-state index in [2.05, 4.69) is 0 Å². The van der Waals surface area contributed by atoms with Crippen LogP contribution >= 0.6 is 0 Å². The topological polar surface area (TPSA) is 49.5 Å². The molecule has 0 aromatic carbocycles. The predicted molar refractivity (Wildman–Crippen MR) is 59.5 cm³/mol. The van der Waals surface area contributed by atoms with Crippen molar-refractivity contribution in [3.8, 4) is 0 Å². The van der Waals surface area contributed by atoms with E-state index in [1.165, 1.54) is 0 Å². The van der Waals surface area contributed by atoms with Crippen LogP contribution in [0.5, 0.6) is 0 Å². The zero-order valence-corrected chi connectivity index (χ0v) is 10.1. The summed E-state index contributed by atoms with van der Waals surface area (Å²) >= 11 is 0. The Bertz CT molecular complexity index is 235. The number of aliphatic hydroxyl groups excluding tert-OH is 1. The lowest BCUT2D eigenvalue weighted by Gasteiger charge is -2.31. The maximum absolute atomic E-state index is 12.5. The monoisotopic (exact) mass is 254 g/mol. The number of alkyl halides is 3. The fraction of sp³-hybridized carbons (Fsp3) is 1.00. The van der Waals surface area contributed by atoms with E-state index in [1.54, 1.807) is 4.90 Å². The van der Waals surface area contributed by atoms with Crippen LogP contribution in [0.4, 0.5) is 13.2 Å². The van der Waals surface area contributed by atoms with Crippen molar-refractivity contribution < 1.29 is 18.3 Å². The molecular weight excluding hydrogens is 233 g/mol. The van der Waals surface area contributed by atoms with Crippen LogP contribution in [0.3, 0.4) is 0 Å². The fourth-order valence-corrected chi connectivity index (χ4v) is 2.40. The molecule has 0 aromatic heterocycles. The van der Waals surface area contributed by atoms with Gasteiger partial charge in [0.05, 0.1) is 12.5 Å². The van der Waals surface area contributed by atoms with Gasteiger partial charge in [0.15, 0.2) is 0 Å². The standard InChI is InChI=1S/C11H21F3N2O/c1-2-3-9(15)10(7-17)16-5-4-8(6-16)11(12,13)14/h8-10,17H,2-7,15H2,1H3. The summed E-state index contributed by atoms with van der Waals surface area (Å²) in [5, 5.41) is 9.27. The third-order valence-electron chi connectivity index (χ3n) is 3.45. The zero-order chi connectivity index (χ0) is 13.1. The lowest BCUT2D eigenvalue weighted by molar-refractivity contribution is -0.171. The number of nitrogens with zero attached hydrogens (tertiary/aromatic N) is 1. The Hall–Kier alpha value is -0.330. The largest absolute Gasteiger partial charge is 0.395 e. The first-order chi connectivity index (χ1) is 7.90. The Kier molecular flexibility index (Phi) is 5.22. The van der Waals surface area contributed by atoms with Crippen molar-refractivity contribution in [3.05, 3.63) is 0 Å².